The number of hydrogen-bond acceptors (Lipinski definition) is 1. The first-order valence-electron chi connectivity index (χ1n) is 4.45. The molecule has 0 bridgehead atoms. The van der Waals surface area contributed by atoms with Gasteiger partial charge in [-0.3, -0.25) is 0 Å². The summed E-state index contributed by atoms with van der Waals surface area (Å²) < 4.78 is 0. The van der Waals surface area contributed by atoms with Gasteiger partial charge in [0.15, 0.2) is 7.98 Å². The monoisotopic (exact) mass is 145 g/mol. The van der Waals surface area contributed by atoms with Crippen molar-refractivity contribution in [3.63, 3.8) is 0 Å². The maximum atomic E-state index is 5.77. The second kappa shape index (κ2) is 2.55. The molecule has 11 heavy (non-hydrogen) atoms. The highest BCUT2D eigenvalue weighted by atomic mass is 15.0. The van der Waals surface area contributed by atoms with Gasteiger partial charge in [-0.25, -0.2) is 0 Å². The molecule has 0 aromatic heterocycles. The highest BCUT2D eigenvalue weighted by Gasteiger charge is 2.42. The van der Waals surface area contributed by atoms with E-state index < -0.39 is 0 Å². The van der Waals surface area contributed by atoms with E-state index in [1.165, 1.54) is 25.7 Å². The molecule has 1 heterocycles. The van der Waals surface area contributed by atoms with Crippen molar-refractivity contribution in [3.8, 4) is 0 Å². The summed E-state index contributed by atoms with van der Waals surface area (Å²) in [7, 11) is 11.4. The van der Waals surface area contributed by atoms with Gasteiger partial charge >= 0.3 is 0 Å². The van der Waals surface area contributed by atoms with Crippen LogP contribution in [0.4, 0.5) is 0 Å². The summed E-state index contributed by atoms with van der Waals surface area (Å²) in [5.74, 6) is 0.485. The van der Waals surface area contributed by atoms with Crippen LogP contribution in [-0.2, 0) is 0 Å². The van der Waals surface area contributed by atoms with Gasteiger partial charge in [-0.1, -0.05) is 18.7 Å². The Hall–Kier alpha value is 0.0899. The van der Waals surface area contributed by atoms with Crippen molar-refractivity contribution in [3.05, 3.63) is 0 Å². The molecule has 0 unspecified atom stereocenters. The third-order valence-corrected chi connectivity index (χ3v) is 3.25. The Morgan fingerprint density at radius 3 is 2.18 bits per heavy atom. The molecule has 1 saturated carbocycles. The molecule has 56 valence electrons. The van der Waals surface area contributed by atoms with Crippen LogP contribution < -0.4 is 0 Å². The lowest BCUT2D eigenvalue weighted by Gasteiger charge is -2.51. The largest absolute Gasteiger partial charge is 0.353 e. The molecular weight excluding hydrogens is 132 g/mol. The van der Waals surface area contributed by atoms with Crippen LogP contribution in [0.3, 0.4) is 0 Å². The van der Waals surface area contributed by atoms with Gasteiger partial charge in [0.1, 0.15) is 0 Å². The van der Waals surface area contributed by atoms with E-state index in [9.17, 15) is 0 Å². The molecule has 2 aliphatic rings. The summed E-state index contributed by atoms with van der Waals surface area (Å²) in [6, 6.07) is 0. The quantitative estimate of drug-likeness (QED) is 0.457. The molecule has 2 fully saturated rings. The topological polar surface area (TPSA) is 3.24 Å². The van der Waals surface area contributed by atoms with Crippen LogP contribution in [-0.4, -0.2) is 33.7 Å². The lowest BCUT2D eigenvalue weighted by molar-refractivity contribution is 0.0626. The molecule has 0 atom stereocenters. The minimum atomic E-state index is 0.485. The van der Waals surface area contributed by atoms with Gasteiger partial charge in [0.25, 0.3) is 0 Å². The molecule has 0 N–H and O–H groups in total. The number of nitrogens with zero attached hydrogens (tertiary/aromatic N) is 1. The molecule has 4 radical (unpaired) electrons. The summed E-state index contributed by atoms with van der Waals surface area (Å²) in [5.41, 5.74) is 0.606. The van der Waals surface area contributed by atoms with Crippen LogP contribution >= 0.6 is 0 Å². The van der Waals surface area contributed by atoms with Crippen LogP contribution in [0.2, 0.25) is 5.82 Å². The first-order chi connectivity index (χ1) is 5.20. The SMILES string of the molecule is [B]C1CC2(CCN([B])CC2)C1. The standard InChI is InChI=1S/C8H13B2N/c9-7-5-8(6-7)1-3-11(10)4-2-8/h7H,1-6H2. The number of piperidine rings is 1. The van der Waals surface area contributed by atoms with Crippen LogP contribution in [0.1, 0.15) is 25.7 Å². The minimum Gasteiger partial charge on any atom is -0.353 e. The molecule has 0 aromatic carbocycles. The molecule has 1 aliphatic carbocycles. The fraction of sp³-hybridized carbons (Fsp3) is 1.00. The van der Waals surface area contributed by atoms with E-state index in [-0.39, 0.29) is 0 Å². The minimum absolute atomic E-state index is 0.485. The molecule has 0 amide bonds. The van der Waals surface area contributed by atoms with Gasteiger partial charge in [-0.2, -0.15) is 0 Å². The van der Waals surface area contributed by atoms with Crippen LogP contribution in [0.15, 0.2) is 0 Å². The molecule has 3 heteroatoms. The highest BCUT2D eigenvalue weighted by molar-refractivity contribution is 6.12. The molecule has 2 rings (SSSR count). The fourth-order valence-corrected chi connectivity index (χ4v) is 2.46. The van der Waals surface area contributed by atoms with Crippen LogP contribution in [0.25, 0.3) is 0 Å². The van der Waals surface area contributed by atoms with E-state index in [0.717, 1.165) is 13.1 Å². The van der Waals surface area contributed by atoms with Crippen LogP contribution in [0, 0.1) is 5.41 Å². The van der Waals surface area contributed by atoms with Gasteiger partial charge in [0.05, 0.1) is 7.85 Å². The first-order valence-corrected chi connectivity index (χ1v) is 4.45. The molecule has 1 aliphatic heterocycles. The Labute approximate surface area is 71.4 Å². The zero-order valence-electron chi connectivity index (χ0n) is 6.92. The van der Waals surface area contributed by atoms with Crippen molar-refractivity contribution in [2.24, 2.45) is 5.41 Å². The third kappa shape index (κ3) is 1.35. The maximum Gasteiger partial charge on any atom is 0.182 e. The zero-order chi connectivity index (χ0) is 7.90. The van der Waals surface area contributed by atoms with Crippen molar-refractivity contribution in [1.82, 2.24) is 4.81 Å². The van der Waals surface area contributed by atoms with E-state index in [0.29, 0.717) is 11.2 Å². The summed E-state index contributed by atoms with van der Waals surface area (Å²) in [6.07, 6.45) is 5.00. The second-order valence-corrected chi connectivity index (χ2v) is 4.20. The Morgan fingerprint density at radius 2 is 1.73 bits per heavy atom. The maximum absolute atomic E-state index is 5.77. The Balaban J connectivity index is 1.88. The van der Waals surface area contributed by atoms with E-state index in [1.807, 2.05) is 4.81 Å². The van der Waals surface area contributed by atoms with Crippen molar-refractivity contribution in [2.45, 2.75) is 31.5 Å². The third-order valence-electron chi connectivity index (χ3n) is 3.25. The second-order valence-electron chi connectivity index (χ2n) is 4.20. The molecule has 0 aromatic rings. The predicted molar refractivity (Wildman–Crippen MR) is 47.7 cm³/mol. The average molecular weight is 145 g/mol. The fourth-order valence-electron chi connectivity index (χ4n) is 2.46. The van der Waals surface area contributed by atoms with E-state index in [2.05, 4.69) is 0 Å². The van der Waals surface area contributed by atoms with E-state index >= 15 is 0 Å². The number of hydrogen-bond donors (Lipinski definition) is 0. The smallest absolute Gasteiger partial charge is 0.182 e. The zero-order valence-corrected chi connectivity index (χ0v) is 6.92. The van der Waals surface area contributed by atoms with Crippen molar-refractivity contribution in [1.29, 1.82) is 0 Å². The van der Waals surface area contributed by atoms with Gasteiger partial charge in [-0.05, 0) is 31.3 Å². The predicted octanol–water partition coefficient (Wildman–Crippen LogP) is 0.903. The Kier molecular flexibility index (Phi) is 1.79. The summed E-state index contributed by atoms with van der Waals surface area (Å²) in [6.45, 7) is 2.12. The van der Waals surface area contributed by atoms with Crippen molar-refractivity contribution in [2.75, 3.05) is 13.1 Å². The summed E-state index contributed by atoms with van der Waals surface area (Å²) in [4.78, 5) is 1.93. The Bertz CT molecular complexity index is 144. The van der Waals surface area contributed by atoms with Gasteiger partial charge in [0.2, 0.25) is 0 Å². The normalized spacial score (nSPS) is 32.0. The average Bonchev–Trinajstić information content (AvgIpc) is 1.92. The van der Waals surface area contributed by atoms with Crippen LogP contribution in [0.5, 0.6) is 0 Å². The number of rotatable bonds is 0. The molecule has 1 saturated heterocycles. The van der Waals surface area contributed by atoms with Gasteiger partial charge in [-0.15, -0.1) is 0 Å². The molecule has 1 spiro atoms. The van der Waals surface area contributed by atoms with Gasteiger partial charge in [0, 0.05) is 0 Å². The lowest BCUT2D eigenvalue weighted by Crippen LogP contribution is -2.44. The van der Waals surface area contributed by atoms with Crippen molar-refractivity contribution >= 4 is 15.8 Å². The summed E-state index contributed by atoms with van der Waals surface area (Å²) in [5, 5.41) is 0. The Morgan fingerprint density at radius 1 is 1.18 bits per heavy atom. The summed E-state index contributed by atoms with van der Waals surface area (Å²) >= 11 is 0. The van der Waals surface area contributed by atoms with E-state index in [1.54, 1.807) is 0 Å². The van der Waals surface area contributed by atoms with Crippen molar-refractivity contribution < 1.29 is 0 Å². The highest BCUT2D eigenvalue weighted by Crippen LogP contribution is 2.53. The lowest BCUT2D eigenvalue weighted by atomic mass is 9.51. The first kappa shape index (κ1) is 7.72. The molecular formula is C8H13B2N. The van der Waals surface area contributed by atoms with E-state index in [4.69, 9.17) is 15.8 Å². The van der Waals surface area contributed by atoms with Gasteiger partial charge < -0.3 is 4.81 Å². The molecule has 1 nitrogen and oxygen atoms in total.